The molecule has 1 fully saturated rings. The van der Waals surface area contributed by atoms with Gasteiger partial charge in [-0.25, -0.2) is 0 Å². The van der Waals surface area contributed by atoms with Gasteiger partial charge in [-0.3, -0.25) is 0 Å². The van der Waals surface area contributed by atoms with Gasteiger partial charge in [-0.2, -0.15) is 0 Å². The van der Waals surface area contributed by atoms with Crippen molar-refractivity contribution in [2.24, 2.45) is 5.41 Å². The molecule has 1 heterocycles. The molecule has 0 aliphatic carbocycles. The van der Waals surface area contributed by atoms with Crippen molar-refractivity contribution in [2.75, 3.05) is 26.4 Å². The molecule has 0 aromatic heterocycles. The summed E-state index contributed by atoms with van der Waals surface area (Å²) < 4.78 is 10.9. The van der Waals surface area contributed by atoms with Crippen LogP contribution >= 0.6 is 0 Å². The summed E-state index contributed by atoms with van der Waals surface area (Å²) in [6, 6.07) is 1.38. The highest BCUT2D eigenvalue weighted by Gasteiger charge is 2.33. The molecule has 84 valence electrons. The number of hydrogen-bond acceptors (Lipinski definition) is 2. The maximum absolute atomic E-state index is 5.68. The molecular formula is C11H24O2Si. The Hall–Kier alpha value is 0.137. The third-order valence-corrected chi connectivity index (χ3v) is 4.42. The van der Waals surface area contributed by atoms with Gasteiger partial charge in [0, 0.05) is 20.1 Å². The Kier molecular flexibility index (Phi) is 4.16. The van der Waals surface area contributed by atoms with Gasteiger partial charge in [-0.1, -0.05) is 32.6 Å². The lowest BCUT2D eigenvalue weighted by Gasteiger charge is -2.37. The van der Waals surface area contributed by atoms with Crippen LogP contribution in [0, 0.1) is 5.41 Å². The molecule has 0 atom stereocenters. The second kappa shape index (κ2) is 4.77. The van der Waals surface area contributed by atoms with Crippen LogP contribution in [0.15, 0.2) is 0 Å². The molecule has 0 aromatic carbocycles. The average molecular weight is 216 g/mol. The standard InChI is InChI=1S/C11H24O2Si/c1-11(9-13-10-11)8-12-6-5-7-14(2,3)4/h5-10H2,1-4H3. The summed E-state index contributed by atoms with van der Waals surface area (Å²) in [7, 11) is -0.852. The fraction of sp³-hybridized carbons (Fsp3) is 1.00. The van der Waals surface area contributed by atoms with Crippen LogP contribution in [-0.2, 0) is 9.47 Å². The van der Waals surface area contributed by atoms with E-state index in [-0.39, 0.29) is 0 Å². The molecule has 3 heteroatoms. The van der Waals surface area contributed by atoms with E-state index >= 15 is 0 Å². The van der Waals surface area contributed by atoms with Gasteiger partial charge in [0.15, 0.2) is 0 Å². The summed E-state index contributed by atoms with van der Waals surface area (Å²) in [5.41, 5.74) is 0.319. The molecule has 0 unspecified atom stereocenters. The maximum Gasteiger partial charge on any atom is 0.0564 e. The largest absolute Gasteiger partial charge is 0.381 e. The first kappa shape index (κ1) is 12.2. The Balaban J connectivity index is 1.94. The van der Waals surface area contributed by atoms with Crippen LogP contribution in [0.5, 0.6) is 0 Å². The second-order valence-electron chi connectivity index (χ2n) is 6.02. The van der Waals surface area contributed by atoms with E-state index in [0.717, 1.165) is 26.4 Å². The van der Waals surface area contributed by atoms with Crippen molar-refractivity contribution in [1.29, 1.82) is 0 Å². The Morgan fingerprint density at radius 2 is 1.93 bits per heavy atom. The van der Waals surface area contributed by atoms with E-state index in [1.54, 1.807) is 0 Å². The summed E-state index contributed by atoms with van der Waals surface area (Å²) in [5.74, 6) is 0. The van der Waals surface area contributed by atoms with Crippen LogP contribution in [0.1, 0.15) is 13.3 Å². The van der Waals surface area contributed by atoms with E-state index in [4.69, 9.17) is 9.47 Å². The number of hydrogen-bond donors (Lipinski definition) is 0. The topological polar surface area (TPSA) is 18.5 Å². The average Bonchev–Trinajstić information content (AvgIpc) is 1.98. The van der Waals surface area contributed by atoms with E-state index in [0.29, 0.717) is 5.41 Å². The highest BCUT2D eigenvalue weighted by Crippen LogP contribution is 2.26. The van der Waals surface area contributed by atoms with Gasteiger partial charge in [-0.05, 0) is 6.42 Å². The third kappa shape index (κ3) is 4.58. The lowest BCUT2D eigenvalue weighted by molar-refractivity contribution is -0.137. The highest BCUT2D eigenvalue weighted by atomic mass is 28.3. The Morgan fingerprint density at radius 1 is 1.29 bits per heavy atom. The van der Waals surface area contributed by atoms with Crippen molar-refractivity contribution in [1.82, 2.24) is 0 Å². The SMILES string of the molecule is CC1(COCCC[Si](C)(C)C)COC1. The minimum absolute atomic E-state index is 0.319. The molecule has 1 saturated heterocycles. The third-order valence-electron chi connectivity index (χ3n) is 2.57. The van der Waals surface area contributed by atoms with E-state index in [2.05, 4.69) is 26.6 Å². The van der Waals surface area contributed by atoms with Crippen molar-refractivity contribution in [3.8, 4) is 0 Å². The minimum Gasteiger partial charge on any atom is -0.381 e. The number of rotatable bonds is 6. The lowest BCUT2D eigenvalue weighted by atomic mass is 9.90. The zero-order valence-corrected chi connectivity index (χ0v) is 11.1. The molecule has 0 bridgehead atoms. The maximum atomic E-state index is 5.68. The fourth-order valence-corrected chi connectivity index (χ4v) is 2.76. The van der Waals surface area contributed by atoms with Gasteiger partial charge in [0.2, 0.25) is 0 Å². The van der Waals surface area contributed by atoms with E-state index < -0.39 is 8.07 Å². The predicted molar refractivity (Wildman–Crippen MR) is 62.5 cm³/mol. The molecule has 0 amide bonds. The van der Waals surface area contributed by atoms with E-state index in [9.17, 15) is 0 Å². The molecule has 0 aromatic rings. The predicted octanol–water partition coefficient (Wildman–Crippen LogP) is 2.77. The summed E-state index contributed by atoms with van der Waals surface area (Å²) in [5, 5.41) is 0. The molecule has 1 aliphatic rings. The zero-order valence-electron chi connectivity index (χ0n) is 10.1. The normalized spacial score (nSPS) is 20.6. The van der Waals surface area contributed by atoms with Crippen molar-refractivity contribution in [3.05, 3.63) is 0 Å². The van der Waals surface area contributed by atoms with E-state index in [1.807, 2.05) is 0 Å². The van der Waals surface area contributed by atoms with Crippen molar-refractivity contribution in [2.45, 2.75) is 39.0 Å². The summed E-state index contributed by atoms with van der Waals surface area (Å²) in [6.45, 7) is 13.0. The quantitative estimate of drug-likeness (QED) is 0.502. The van der Waals surface area contributed by atoms with Crippen LogP contribution in [-0.4, -0.2) is 34.5 Å². The fourth-order valence-electron chi connectivity index (χ4n) is 1.56. The van der Waals surface area contributed by atoms with Crippen LogP contribution in [0.2, 0.25) is 25.7 Å². The van der Waals surface area contributed by atoms with Crippen molar-refractivity contribution < 1.29 is 9.47 Å². The van der Waals surface area contributed by atoms with Gasteiger partial charge in [0.1, 0.15) is 0 Å². The van der Waals surface area contributed by atoms with Crippen molar-refractivity contribution in [3.63, 3.8) is 0 Å². The first-order valence-electron chi connectivity index (χ1n) is 5.57. The molecule has 14 heavy (non-hydrogen) atoms. The van der Waals surface area contributed by atoms with E-state index in [1.165, 1.54) is 12.5 Å². The Labute approximate surface area is 89.0 Å². The van der Waals surface area contributed by atoms with Gasteiger partial charge < -0.3 is 9.47 Å². The molecule has 0 radical (unpaired) electrons. The monoisotopic (exact) mass is 216 g/mol. The summed E-state index contributed by atoms with van der Waals surface area (Å²) in [4.78, 5) is 0. The Bertz CT molecular complexity index is 171. The zero-order chi connectivity index (χ0) is 10.7. The Morgan fingerprint density at radius 3 is 2.36 bits per heavy atom. The lowest BCUT2D eigenvalue weighted by Crippen LogP contribution is -2.43. The molecule has 0 saturated carbocycles. The van der Waals surface area contributed by atoms with Crippen LogP contribution < -0.4 is 0 Å². The highest BCUT2D eigenvalue weighted by molar-refractivity contribution is 6.76. The van der Waals surface area contributed by atoms with Gasteiger partial charge in [0.05, 0.1) is 19.8 Å². The first-order valence-corrected chi connectivity index (χ1v) is 9.28. The minimum atomic E-state index is -0.852. The second-order valence-corrected chi connectivity index (χ2v) is 11.6. The molecule has 0 spiro atoms. The van der Waals surface area contributed by atoms with Gasteiger partial charge >= 0.3 is 0 Å². The molecule has 1 rings (SSSR count). The molecule has 2 nitrogen and oxygen atoms in total. The molecule has 1 aliphatic heterocycles. The van der Waals surface area contributed by atoms with Gasteiger partial charge in [-0.15, -0.1) is 0 Å². The smallest absolute Gasteiger partial charge is 0.0564 e. The van der Waals surface area contributed by atoms with Crippen LogP contribution in [0.25, 0.3) is 0 Å². The summed E-state index contributed by atoms with van der Waals surface area (Å²) in [6.07, 6.45) is 1.23. The summed E-state index contributed by atoms with van der Waals surface area (Å²) >= 11 is 0. The molecular weight excluding hydrogens is 192 g/mol. The van der Waals surface area contributed by atoms with Crippen LogP contribution in [0.4, 0.5) is 0 Å². The van der Waals surface area contributed by atoms with Crippen molar-refractivity contribution >= 4 is 8.07 Å². The van der Waals surface area contributed by atoms with Gasteiger partial charge in [0.25, 0.3) is 0 Å². The van der Waals surface area contributed by atoms with Crippen LogP contribution in [0.3, 0.4) is 0 Å². The first-order chi connectivity index (χ1) is 6.41. The number of ether oxygens (including phenoxy) is 2. The molecule has 0 N–H and O–H groups in total.